The van der Waals surface area contributed by atoms with E-state index in [1.807, 2.05) is 49.1 Å². The number of aryl methyl sites for hydroxylation is 2. The van der Waals surface area contributed by atoms with Crippen molar-refractivity contribution in [3.05, 3.63) is 47.3 Å². The van der Waals surface area contributed by atoms with Gasteiger partial charge in [0, 0.05) is 33.4 Å². The first-order chi connectivity index (χ1) is 12.0. The van der Waals surface area contributed by atoms with Crippen molar-refractivity contribution in [1.82, 2.24) is 20.0 Å². The summed E-state index contributed by atoms with van der Waals surface area (Å²) >= 11 is 0. The summed E-state index contributed by atoms with van der Waals surface area (Å²) in [5, 5.41) is 7.88. The van der Waals surface area contributed by atoms with Crippen LogP contribution in [0.2, 0.25) is 0 Å². The Hall–Kier alpha value is -1.77. The van der Waals surface area contributed by atoms with Gasteiger partial charge in [-0.05, 0) is 38.0 Å². The Balaban J connectivity index is 0.00000338. The molecule has 2 aromatic rings. The second-order valence-corrected chi connectivity index (χ2v) is 6.08. The van der Waals surface area contributed by atoms with Gasteiger partial charge in [-0.1, -0.05) is 18.2 Å². The van der Waals surface area contributed by atoms with Crippen molar-refractivity contribution < 1.29 is 4.74 Å². The van der Waals surface area contributed by atoms with Crippen LogP contribution >= 0.6 is 24.0 Å². The lowest BCUT2D eigenvalue weighted by atomic mass is 10.1. The molecule has 0 saturated heterocycles. The molecule has 1 heterocycles. The van der Waals surface area contributed by atoms with E-state index in [1.165, 1.54) is 11.3 Å². The minimum atomic E-state index is 0. The van der Waals surface area contributed by atoms with Crippen LogP contribution in [0.25, 0.3) is 0 Å². The summed E-state index contributed by atoms with van der Waals surface area (Å²) in [5.74, 6) is 1.76. The minimum Gasteiger partial charge on any atom is -0.492 e. The van der Waals surface area contributed by atoms with Crippen LogP contribution in [-0.2, 0) is 13.5 Å². The predicted octanol–water partition coefficient (Wildman–Crippen LogP) is 2.78. The molecule has 2 rings (SSSR count). The quantitative estimate of drug-likeness (QED) is 0.384. The van der Waals surface area contributed by atoms with Gasteiger partial charge in [-0.25, -0.2) is 0 Å². The minimum absolute atomic E-state index is 0. The zero-order valence-corrected chi connectivity index (χ0v) is 18.7. The van der Waals surface area contributed by atoms with Gasteiger partial charge in [0.25, 0.3) is 0 Å². The molecule has 0 aliphatic rings. The lowest BCUT2D eigenvalue weighted by Crippen LogP contribution is -2.41. The van der Waals surface area contributed by atoms with Gasteiger partial charge < -0.3 is 15.0 Å². The maximum Gasteiger partial charge on any atom is 0.193 e. The molecule has 26 heavy (non-hydrogen) atoms. The Morgan fingerprint density at radius 1 is 1.27 bits per heavy atom. The number of rotatable bonds is 7. The van der Waals surface area contributed by atoms with Crippen LogP contribution in [0.15, 0.2) is 35.3 Å². The van der Waals surface area contributed by atoms with Crippen LogP contribution in [0.4, 0.5) is 0 Å². The number of hydrogen-bond donors (Lipinski definition) is 1. The van der Waals surface area contributed by atoms with Gasteiger partial charge in [-0.3, -0.25) is 9.67 Å². The Morgan fingerprint density at radius 2 is 1.96 bits per heavy atom. The number of aliphatic imine (C=N–C) groups is 1. The summed E-state index contributed by atoms with van der Waals surface area (Å²) in [6.07, 6.45) is 0.929. The molecule has 0 unspecified atom stereocenters. The second kappa shape index (κ2) is 11.1. The first-order valence-corrected chi connectivity index (χ1v) is 8.61. The van der Waals surface area contributed by atoms with E-state index < -0.39 is 0 Å². The standard InChI is InChI=1S/C19H29N5O.HI/c1-15-18(16(2)24(5)22-15)11-12-21-19(20-3)23(4)13-14-25-17-9-7-6-8-10-17;/h6-10H,11-14H2,1-5H3,(H,20,21);1H. The van der Waals surface area contributed by atoms with E-state index in [-0.39, 0.29) is 24.0 Å². The van der Waals surface area contributed by atoms with E-state index in [0.29, 0.717) is 6.61 Å². The van der Waals surface area contributed by atoms with Gasteiger partial charge in [-0.2, -0.15) is 5.10 Å². The molecule has 0 aliphatic carbocycles. The van der Waals surface area contributed by atoms with Crippen LogP contribution < -0.4 is 10.1 Å². The van der Waals surface area contributed by atoms with E-state index in [0.717, 1.165) is 36.9 Å². The smallest absolute Gasteiger partial charge is 0.193 e. The number of nitrogens with zero attached hydrogens (tertiary/aromatic N) is 4. The second-order valence-electron chi connectivity index (χ2n) is 6.08. The molecule has 0 fully saturated rings. The predicted molar refractivity (Wildman–Crippen MR) is 118 cm³/mol. The monoisotopic (exact) mass is 471 g/mol. The third kappa shape index (κ3) is 6.19. The molecule has 144 valence electrons. The molecule has 6 nitrogen and oxygen atoms in total. The maximum atomic E-state index is 5.74. The first kappa shape index (κ1) is 22.3. The molecule has 0 amide bonds. The highest BCUT2D eigenvalue weighted by molar-refractivity contribution is 14.0. The van der Waals surface area contributed by atoms with Crippen molar-refractivity contribution in [3.63, 3.8) is 0 Å². The molecular weight excluding hydrogens is 441 g/mol. The van der Waals surface area contributed by atoms with Crippen molar-refractivity contribution in [1.29, 1.82) is 0 Å². The largest absolute Gasteiger partial charge is 0.492 e. The Morgan fingerprint density at radius 3 is 2.54 bits per heavy atom. The summed E-state index contributed by atoms with van der Waals surface area (Å²) in [7, 11) is 5.81. The van der Waals surface area contributed by atoms with Gasteiger partial charge >= 0.3 is 0 Å². The Bertz CT molecular complexity index is 699. The van der Waals surface area contributed by atoms with Crippen molar-refractivity contribution in [2.45, 2.75) is 20.3 Å². The number of para-hydroxylation sites is 1. The number of likely N-dealkylation sites (N-methyl/N-ethyl adjacent to an activating group) is 1. The summed E-state index contributed by atoms with van der Waals surface area (Å²) < 4.78 is 7.68. The summed E-state index contributed by atoms with van der Waals surface area (Å²) in [4.78, 5) is 6.43. The topological polar surface area (TPSA) is 54.7 Å². The highest BCUT2D eigenvalue weighted by atomic mass is 127. The van der Waals surface area contributed by atoms with Crippen LogP contribution in [-0.4, -0.2) is 54.4 Å². The zero-order valence-electron chi connectivity index (χ0n) is 16.3. The van der Waals surface area contributed by atoms with Crippen molar-refractivity contribution >= 4 is 29.9 Å². The number of aromatic nitrogens is 2. The molecule has 1 aromatic heterocycles. The normalized spacial score (nSPS) is 11.0. The SMILES string of the molecule is CN=C(NCCc1c(C)nn(C)c1C)N(C)CCOc1ccccc1.I. The lowest BCUT2D eigenvalue weighted by Gasteiger charge is -2.22. The number of hydrogen-bond acceptors (Lipinski definition) is 3. The average Bonchev–Trinajstić information content (AvgIpc) is 2.85. The van der Waals surface area contributed by atoms with Crippen molar-refractivity contribution in [2.24, 2.45) is 12.0 Å². The number of nitrogens with one attached hydrogen (secondary N) is 1. The van der Waals surface area contributed by atoms with Crippen molar-refractivity contribution in [3.8, 4) is 5.75 Å². The molecular formula is C19H30IN5O. The third-order valence-electron chi connectivity index (χ3n) is 4.33. The third-order valence-corrected chi connectivity index (χ3v) is 4.33. The van der Waals surface area contributed by atoms with Crippen LogP contribution in [0.3, 0.4) is 0 Å². The Kier molecular flexibility index (Phi) is 9.47. The van der Waals surface area contributed by atoms with Gasteiger partial charge in [0.15, 0.2) is 5.96 Å². The zero-order chi connectivity index (χ0) is 18.2. The average molecular weight is 471 g/mol. The summed E-state index contributed by atoms with van der Waals surface area (Å²) in [6, 6.07) is 9.86. The molecule has 7 heteroatoms. The molecule has 0 bridgehead atoms. The molecule has 0 radical (unpaired) electrons. The molecule has 1 N–H and O–H groups in total. The maximum absolute atomic E-state index is 5.74. The first-order valence-electron chi connectivity index (χ1n) is 8.61. The number of guanidine groups is 1. The van der Waals surface area contributed by atoms with Crippen LogP contribution in [0, 0.1) is 13.8 Å². The van der Waals surface area contributed by atoms with Crippen LogP contribution in [0.5, 0.6) is 5.75 Å². The van der Waals surface area contributed by atoms with Gasteiger partial charge in [0.2, 0.25) is 0 Å². The Labute approximate surface area is 173 Å². The fourth-order valence-corrected chi connectivity index (χ4v) is 2.79. The molecule has 0 spiro atoms. The lowest BCUT2D eigenvalue weighted by molar-refractivity contribution is 0.281. The molecule has 1 aromatic carbocycles. The highest BCUT2D eigenvalue weighted by Crippen LogP contribution is 2.12. The summed E-state index contributed by atoms with van der Waals surface area (Å²) in [6.45, 7) is 6.37. The summed E-state index contributed by atoms with van der Waals surface area (Å²) in [5.41, 5.74) is 3.63. The van der Waals surface area contributed by atoms with Gasteiger partial charge in [0.05, 0.1) is 12.2 Å². The fraction of sp³-hybridized carbons (Fsp3) is 0.474. The van der Waals surface area contributed by atoms with Crippen LogP contribution in [0.1, 0.15) is 17.0 Å². The van der Waals surface area contributed by atoms with Gasteiger partial charge in [-0.15, -0.1) is 24.0 Å². The van der Waals surface area contributed by atoms with E-state index in [9.17, 15) is 0 Å². The van der Waals surface area contributed by atoms with E-state index in [1.54, 1.807) is 7.05 Å². The highest BCUT2D eigenvalue weighted by Gasteiger charge is 2.10. The van der Waals surface area contributed by atoms with Gasteiger partial charge in [0.1, 0.15) is 12.4 Å². The molecule has 0 saturated carbocycles. The van der Waals surface area contributed by atoms with E-state index in [2.05, 4.69) is 34.2 Å². The number of ether oxygens (including phenoxy) is 1. The molecule has 0 aliphatic heterocycles. The number of benzene rings is 1. The molecule has 0 atom stereocenters. The van der Waals surface area contributed by atoms with E-state index >= 15 is 0 Å². The fourth-order valence-electron chi connectivity index (χ4n) is 2.79. The van der Waals surface area contributed by atoms with E-state index in [4.69, 9.17) is 4.74 Å². The number of halogens is 1. The van der Waals surface area contributed by atoms with Crippen molar-refractivity contribution in [2.75, 3.05) is 33.8 Å².